The van der Waals surface area contributed by atoms with Crippen LogP contribution in [-0.2, 0) is 14.3 Å². The molecule has 0 spiro atoms. The maximum Gasteiger partial charge on any atom is 0.299 e. The van der Waals surface area contributed by atoms with Gasteiger partial charge in [-0.2, -0.15) is 0 Å². The second kappa shape index (κ2) is 7.04. The van der Waals surface area contributed by atoms with Crippen LogP contribution in [0, 0.1) is 0 Å². The van der Waals surface area contributed by atoms with Crippen LogP contribution in [0.25, 0.3) is 0 Å². The van der Waals surface area contributed by atoms with Crippen molar-refractivity contribution in [2.45, 2.75) is 31.0 Å². The molecule has 0 unspecified atom stereocenters. The van der Waals surface area contributed by atoms with Gasteiger partial charge in [0.2, 0.25) is 5.78 Å². The summed E-state index contributed by atoms with van der Waals surface area (Å²) in [5.41, 5.74) is 0. The minimum atomic E-state index is -0.603. The predicted molar refractivity (Wildman–Crippen MR) is 75.4 cm³/mol. The monoisotopic (exact) mass is 276 g/mol. The quantitative estimate of drug-likeness (QED) is 0.768. The number of hydrogen-bond acceptors (Lipinski definition) is 4. The molecular formula is C15H16O3S. The summed E-state index contributed by atoms with van der Waals surface area (Å²) in [4.78, 5) is 12.1. The van der Waals surface area contributed by atoms with Gasteiger partial charge < -0.3 is 9.47 Å². The SMILES string of the molecule is C/C=C/Sc1ccccc1.O=C1CCC2=CO[C@@H]1O2. The number of fused-ring (bicyclic) bond motifs is 2. The van der Waals surface area contributed by atoms with Gasteiger partial charge in [-0.1, -0.05) is 36.0 Å². The minimum Gasteiger partial charge on any atom is -0.452 e. The summed E-state index contributed by atoms with van der Waals surface area (Å²) in [7, 11) is 0. The highest BCUT2D eigenvalue weighted by Gasteiger charge is 2.31. The third kappa shape index (κ3) is 4.17. The summed E-state index contributed by atoms with van der Waals surface area (Å²) in [6, 6.07) is 10.3. The summed E-state index contributed by atoms with van der Waals surface area (Å²) in [6.45, 7) is 2.02. The van der Waals surface area contributed by atoms with Crippen molar-refractivity contribution in [2.24, 2.45) is 0 Å². The zero-order chi connectivity index (χ0) is 13.5. The molecule has 0 N–H and O–H groups in total. The van der Waals surface area contributed by atoms with Crippen LogP contribution in [0.1, 0.15) is 19.8 Å². The van der Waals surface area contributed by atoms with E-state index >= 15 is 0 Å². The van der Waals surface area contributed by atoms with Crippen LogP contribution in [0.2, 0.25) is 0 Å². The van der Waals surface area contributed by atoms with Crippen LogP contribution in [0.4, 0.5) is 0 Å². The van der Waals surface area contributed by atoms with E-state index in [4.69, 9.17) is 9.47 Å². The molecule has 0 aromatic heterocycles. The standard InChI is InChI=1S/C9H10S.C6H6O3/c1-2-8-10-9-6-4-3-5-7-9;7-5-2-1-4-3-8-6(5)9-4/h2-8H,1H3;3,6H,1-2H2/b8-2+;/t;6-/m.1/s1. The number of hydrogen-bond donors (Lipinski definition) is 0. The number of Topliss-reactive ketones (excluding diaryl/α,β-unsaturated/α-hetero) is 1. The topological polar surface area (TPSA) is 35.5 Å². The van der Waals surface area contributed by atoms with Crippen LogP contribution < -0.4 is 0 Å². The Labute approximate surface area is 117 Å². The molecule has 0 amide bonds. The fraction of sp³-hybridized carbons (Fsp3) is 0.267. The molecule has 2 aliphatic rings. The molecule has 1 aromatic rings. The van der Waals surface area contributed by atoms with Gasteiger partial charge in [0.05, 0.1) is 0 Å². The van der Waals surface area contributed by atoms with Gasteiger partial charge in [0.1, 0.15) is 12.0 Å². The fourth-order valence-electron chi connectivity index (χ4n) is 1.60. The predicted octanol–water partition coefficient (Wildman–Crippen LogP) is 3.88. The molecule has 2 heterocycles. The summed E-state index contributed by atoms with van der Waals surface area (Å²) in [5, 5.41) is 2.08. The van der Waals surface area contributed by atoms with Gasteiger partial charge in [-0.05, 0) is 24.5 Å². The summed E-state index contributed by atoms with van der Waals surface area (Å²) < 4.78 is 9.85. The van der Waals surface area contributed by atoms with Crippen molar-refractivity contribution in [3.05, 3.63) is 53.8 Å². The maximum atomic E-state index is 10.8. The highest BCUT2D eigenvalue weighted by atomic mass is 32.2. The normalized spacial score (nSPS) is 20.2. The highest BCUT2D eigenvalue weighted by Crippen LogP contribution is 2.25. The van der Waals surface area contributed by atoms with Gasteiger partial charge in [-0.3, -0.25) is 4.79 Å². The summed E-state index contributed by atoms with van der Waals surface area (Å²) in [5.74, 6) is 0.854. The second-order valence-electron chi connectivity index (χ2n) is 4.04. The Hall–Kier alpha value is -1.68. The van der Waals surface area contributed by atoms with Crippen molar-refractivity contribution in [1.29, 1.82) is 0 Å². The lowest BCUT2D eigenvalue weighted by atomic mass is 10.2. The Bertz CT molecular complexity index is 479. The van der Waals surface area contributed by atoms with E-state index in [1.54, 1.807) is 11.8 Å². The Balaban J connectivity index is 0.000000141. The molecule has 19 heavy (non-hydrogen) atoms. The van der Waals surface area contributed by atoms with E-state index in [9.17, 15) is 4.79 Å². The van der Waals surface area contributed by atoms with E-state index in [-0.39, 0.29) is 5.78 Å². The van der Waals surface area contributed by atoms with Gasteiger partial charge in [-0.25, -0.2) is 0 Å². The Morgan fingerprint density at radius 2 is 2.05 bits per heavy atom. The van der Waals surface area contributed by atoms with Gasteiger partial charge in [0, 0.05) is 17.7 Å². The van der Waals surface area contributed by atoms with Crippen LogP contribution in [0.5, 0.6) is 0 Å². The molecule has 1 atom stereocenters. The number of ether oxygens (including phenoxy) is 2. The number of rotatable bonds is 2. The number of thioether (sulfide) groups is 1. The Morgan fingerprint density at radius 1 is 1.26 bits per heavy atom. The van der Waals surface area contributed by atoms with Crippen LogP contribution >= 0.6 is 11.8 Å². The molecule has 3 rings (SSSR count). The van der Waals surface area contributed by atoms with Crippen molar-refractivity contribution >= 4 is 17.5 Å². The zero-order valence-corrected chi connectivity index (χ0v) is 11.6. The van der Waals surface area contributed by atoms with E-state index in [2.05, 4.69) is 17.5 Å². The van der Waals surface area contributed by atoms with Crippen LogP contribution in [0.15, 0.2) is 58.7 Å². The molecule has 100 valence electrons. The molecule has 0 saturated carbocycles. The molecule has 2 aliphatic heterocycles. The molecule has 1 saturated heterocycles. The van der Waals surface area contributed by atoms with Crippen molar-refractivity contribution in [3.8, 4) is 0 Å². The molecule has 0 aliphatic carbocycles. The largest absolute Gasteiger partial charge is 0.452 e. The number of carbonyl (C=O) groups excluding carboxylic acids is 1. The Morgan fingerprint density at radius 3 is 2.74 bits per heavy atom. The van der Waals surface area contributed by atoms with Crippen molar-refractivity contribution in [3.63, 3.8) is 0 Å². The molecule has 1 fully saturated rings. The number of carbonyl (C=O) groups is 1. The van der Waals surface area contributed by atoms with Gasteiger partial charge >= 0.3 is 0 Å². The van der Waals surface area contributed by atoms with Crippen molar-refractivity contribution < 1.29 is 14.3 Å². The van der Waals surface area contributed by atoms with Crippen molar-refractivity contribution in [2.75, 3.05) is 0 Å². The van der Waals surface area contributed by atoms with Crippen molar-refractivity contribution in [1.82, 2.24) is 0 Å². The number of benzene rings is 1. The summed E-state index contributed by atoms with van der Waals surface area (Å²) in [6.07, 6.45) is 4.23. The van der Waals surface area contributed by atoms with E-state index in [0.29, 0.717) is 12.8 Å². The van der Waals surface area contributed by atoms with E-state index in [1.807, 2.05) is 31.2 Å². The van der Waals surface area contributed by atoms with Crippen LogP contribution in [-0.4, -0.2) is 12.1 Å². The molecule has 4 heteroatoms. The van der Waals surface area contributed by atoms with E-state index in [1.165, 1.54) is 11.2 Å². The van der Waals surface area contributed by atoms with Gasteiger partial charge in [0.15, 0.2) is 0 Å². The highest BCUT2D eigenvalue weighted by molar-refractivity contribution is 8.02. The van der Waals surface area contributed by atoms with E-state index in [0.717, 1.165) is 5.76 Å². The first-order chi connectivity index (χ1) is 9.29. The first-order valence-electron chi connectivity index (χ1n) is 6.16. The number of allylic oxidation sites excluding steroid dienone is 2. The smallest absolute Gasteiger partial charge is 0.299 e. The summed E-state index contributed by atoms with van der Waals surface area (Å²) >= 11 is 1.74. The fourth-order valence-corrected chi connectivity index (χ4v) is 2.21. The van der Waals surface area contributed by atoms with E-state index < -0.39 is 6.29 Å². The Kier molecular flexibility index (Phi) is 5.10. The molecule has 1 aromatic carbocycles. The van der Waals surface area contributed by atoms with Crippen LogP contribution in [0.3, 0.4) is 0 Å². The first kappa shape index (κ1) is 13.7. The maximum absolute atomic E-state index is 10.8. The molecule has 0 radical (unpaired) electrons. The third-order valence-corrected chi connectivity index (χ3v) is 3.50. The number of ketones is 1. The lowest BCUT2D eigenvalue weighted by molar-refractivity contribution is -0.146. The minimum absolute atomic E-state index is 0.0486. The average molecular weight is 276 g/mol. The zero-order valence-electron chi connectivity index (χ0n) is 10.7. The third-order valence-electron chi connectivity index (χ3n) is 2.55. The molecule has 2 bridgehead atoms. The average Bonchev–Trinajstić information content (AvgIpc) is 2.86. The lowest BCUT2D eigenvalue weighted by Gasteiger charge is -2.14. The first-order valence-corrected chi connectivity index (χ1v) is 7.04. The van der Waals surface area contributed by atoms with Gasteiger partial charge in [-0.15, -0.1) is 0 Å². The van der Waals surface area contributed by atoms with Gasteiger partial charge in [0.25, 0.3) is 6.29 Å². The molecular weight excluding hydrogens is 260 g/mol. The second-order valence-corrected chi connectivity index (χ2v) is 5.02. The molecule has 3 nitrogen and oxygen atoms in total. The lowest BCUT2D eigenvalue weighted by Crippen LogP contribution is -2.24.